The van der Waals surface area contributed by atoms with Crippen molar-refractivity contribution < 1.29 is 4.74 Å². The first-order chi connectivity index (χ1) is 10.8. The highest BCUT2D eigenvalue weighted by Gasteiger charge is 2.22. The van der Waals surface area contributed by atoms with Crippen LogP contribution in [0.5, 0.6) is 5.88 Å². The minimum absolute atomic E-state index is 0.145. The Bertz CT molecular complexity index is 820. The Balaban J connectivity index is 1.89. The lowest BCUT2D eigenvalue weighted by Crippen LogP contribution is -2.40. The van der Waals surface area contributed by atoms with Gasteiger partial charge < -0.3 is 4.74 Å². The third kappa shape index (κ3) is 3.60. The van der Waals surface area contributed by atoms with Crippen molar-refractivity contribution in [3.63, 3.8) is 0 Å². The van der Waals surface area contributed by atoms with Crippen molar-refractivity contribution in [1.29, 1.82) is 0 Å². The summed E-state index contributed by atoms with van der Waals surface area (Å²) >= 11 is 3.63. The summed E-state index contributed by atoms with van der Waals surface area (Å²) in [7, 11) is 0. The van der Waals surface area contributed by atoms with Gasteiger partial charge in [0.2, 0.25) is 5.88 Å². The van der Waals surface area contributed by atoms with Crippen LogP contribution in [0, 0.1) is 12.3 Å². The fourth-order valence-corrected chi connectivity index (χ4v) is 2.99. The molecule has 2 aromatic heterocycles. The first-order valence-corrected chi connectivity index (χ1v) is 8.39. The van der Waals surface area contributed by atoms with Gasteiger partial charge in [-0.1, -0.05) is 32.1 Å². The topological polar surface area (TPSA) is 65.7 Å². The minimum atomic E-state index is -0.153. The molecule has 0 amide bonds. The van der Waals surface area contributed by atoms with Crippen LogP contribution in [0.15, 0.2) is 12.1 Å². The molecule has 0 radical (unpaired) electrons. The second kappa shape index (κ2) is 6.03. The molecule has 0 saturated heterocycles. The van der Waals surface area contributed by atoms with Crippen LogP contribution in [0.1, 0.15) is 32.9 Å². The molecule has 6 nitrogen and oxygen atoms in total. The fraction of sp³-hybridized carbons (Fsp3) is 0.500. The molecule has 2 aromatic rings. The van der Waals surface area contributed by atoms with Crippen molar-refractivity contribution in [2.24, 2.45) is 5.41 Å². The Labute approximate surface area is 143 Å². The van der Waals surface area contributed by atoms with Crippen molar-refractivity contribution in [2.75, 3.05) is 0 Å². The fourth-order valence-electron chi connectivity index (χ4n) is 2.43. The van der Waals surface area contributed by atoms with Gasteiger partial charge in [-0.05, 0) is 34.3 Å². The van der Waals surface area contributed by atoms with Gasteiger partial charge in [0.1, 0.15) is 11.5 Å². The second-order valence-corrected chi connectivity index (χ2v) is 7.80. The number of aryl methyl sites for hydroxylation is 1. The average molecular weight is 378 g/mol. The number of halogens is 1. The van der Waals surface area contributed by atoms with Crippen LogP contribution >= 0.6 is 15.9 Å². The van der Waals surface area contributed by atoms with Crippen LogP contribution < -0.4 is 15.4 Å². The van der Waals surface area contributed by atoms with E-state index < -0.39 is 0 Å². The molecule has 122 valence electrons. The van der Waals surface area contributed by atoms with E-state index in [1.54, 1.807) is 0 Å². The Morgan fingerprint density at radius 3 is 2.70 bits per heavy atom. The molecule has 2 heterocycles. The molecule has 23 heavy (non-hydrogen) atoms. The lowest BCUT2D eigenvalue weighted by Gasteiger charge is -2.20. The summed E-state index contributed by atoms with van der Waals surface area (Å²) in [6.45, 7) is 9.27. The molecule has 7 heteroatoms. The van der Waals surface area contributed by atoms with Gasteiger partial charge in [0.05, 0.1) is 15.5 Å². The summed E-state index contributed by atoms with van der Waals surface area (Å²) in [6.07, 6.45) is 2.71. The number of rotatable bonds is 3. The predicted molar refractivity (Wildman–Crippen MR) is 91.3 cm³/mol. The third-order valence-corrected chi connectivity index (χ3v) is 4.35. The van der Waals surface area contributed by atoms with Crippen molar-refractivity contribution in [3.8, 4) is 5.88 Å². The Morgan fingerprint density at radius 1 is 1.26 bits per heavy atom. The van der Waals surface area contributed by atoms with Gasteiger partial charge in [-0.3, -0.25) is 0 Å². The first-order valence-electron chi connectivity index (χ1n) is 7.60. The van der Waals surface area contributed by atoms with Gasteiger partial charge in [0.25, 0.3) is 0 Å². The van der Waals surface area contributed by atoms with Crippen molar-refractivity contribution >= 4 is 26.5 Å². The lowest BCUT2D eigenvalue weighted by atomic mass is 9.97. The van der Waals surface area contributed by atoms with Crippen molar-refractivity contribution in [2.45, 2.75) is 46.8 Å². The molecule has 1 unspecified atom stereocenters. The quantitative estimate of drug-likeness (QED) is 0.811. The van der Waals surface area contributed by atoms with E-state index in [2.05, 4.69) is 63.3 Å². The SMILES string of the molecule is Cc1ccc(OC2CC=c3c(nnn3CC(C)(C)C)=C2Br)nn1. The highest BCUT2D eigenvalue weighted by Crippen LogP contribution is 2.22. The summed E-state index contributed by atoms with van der Waals surface area (Å²) in [5, 5.41) is 18.6. The van der Waals surface area contributed by atoms with E-state index in [1.807, 2.05) is 23.7 Å². The number of ether oxygens (including phenoxy) is 1. The van der Waals surface area contributed by atoms with Crippen LogP contribution in [0.25, 0.3) is 10.6 Å². The maximum absolute atomic E-state index is 5.92. The van der Waals surface area contributed by atoms with Gasteiger partial charge in [0.15, 0.2) is 0 Å². The zero-order valence-corrected chi connectivity index (χ0v) is 15.3. The van der Waals surface area contributed by atoms with E-state index >= 15 is 0 Å². The van der Waals surface area contributed by atoms with E-state index in [0.29, 0.717) is 5.88 Å². The normalized spacial score (nSPS) is 17.6. The van der Waals surface area contributed by atoms with Crippen LogP contribution in [-0.4, -0.2) is 31.3 Å². The first kappa shape index (κ1) is 16.1. The molecular weight excluding hydrogens is 358 g/mol. The van der Waals surface area contributed by atoms with Crippen molar-refractivity contribution in [1.82, 2.24) is 25.2 Å². The monoisotopic (exact) mass is 377 g/mol. The molecule has 1 aliphatic rings. The number of aromatic nitrogens is 5. The smallest absolute Gasteiger partial charge is 0.234 e. The highest BCUT2D eigenvalue weighted by molar-refractivity contribution is 9.15. The van der Waals surface area contributed by atoms with Gasteiger partial charge >= 0.3 is 0 Å². The molecule has 3 rings (SSSR count). The maximum Gasteiger partial charge on any atom is 0.234 e. The zero-order chi connectivity index (χ0) is 16.6. The summed E-state index contributed by atoms with van der Waals surface area (Å²) in [6, 6.07) is 3.71. The van der Waals surface area contributed by atoms with Crippen LogP contribution in [0.4, 0.5) is 0 Å². The summed E-state index contributed by atoms with van der Waals surface area (Å²) in [5.41, 5.74) is 1.01. The summed E-state index contributed by atoms with van der Waals surface area (Å²) < 4.78 is 8.78. The van der Waals surface area contributed by atoms with E-state index in [0.717, 1.165) is 33.8 Å². The standard InChI is InChI=1S/C16H20BrN5O/c1-10-5-8-13(19-18-10)23-12-7-6-11-15(14(12)17)20-21-22(11)9-16(2,3)4/h5-6,8,12H,7,9H2,1-4H3. The maximum atomic E-state index is 5.92. The average Bonchev–Trinajstić information content (AvgIpc) is 2.86. The lowest BCUT2D eigenvalue weighted by molar-refractivity contribution is 0.253. The van der Waals surface area contributed by atoms with Crippen LogP contribution in [0.2, 0.25) is 0 Å². The Morgan fingerprint density at radius 2 is 2.04 bits per heavy atom. The number of hydrogen-bond acceptors (Lipinski definition) is 5. The number of hydrogen-bond donors (Lipinski definition) is 0. The minimum Gasteiger partial charge on any atom is -0.467 e. The predicted octanol–water partition coefficient (Wildman–Crippen LogP) is 1.56. The Hall–Kier alpha value is -1.76. The summed E-state index contributed by atoms with van der Waals surface area (Å²) in [5.74, 6) is 0.511. The summed E-state index contributed by atoms with van der Waals surface area (Å²) in [4.78, 5) is 0. The van der Waals surface area contributed by atoms with E-state index in [9.17, 15) is 0 Å². The van der Waals surface area contributed by atoms with Gasteiger partial charge in [0, 0.05) is 19.0 Å². The van der Waals surface area contributed by atoms with Crippen molar-refractivity contribution in [3.05, 3.63) is 28.5 Å². The molecule has 0 fully saturated rings. The largest absolute Gasteiger partial charge is 0.467 e. The van der Waals surface area contributed by atoms with Gasteiger partial charge in [-0.15, -0.1) is 10.2 Å². The zero-order valence-electron chi connectivity index (χ0n) is 13.7. The van der Waals surface area contributed by atoms with Gasteiger partial charge in [-0.25, -0.2) is 4.68 Å². The number of fused-ring (bicyclic) bond motifs is 1. The van der Waals surface area contributed by atoms with Gasteiger partial charge in [-0.2, -0.15) is 5.10 Å². The molecule has 0 N–H and O–H groups in total. The molecule has 0 spiro atoms. The molecule has 0 bridgehead atoms. The molecule has 1 atom stereocenters. The molecule has 1 aliphatic carbocycles. The molecular formula is C16H20BrN5O. The number of nitrogens with zero attached hydrogens (tertiary/aromatic N) is 5. The highest BCUT2D eigenvalue weighted by atomic mass is 79.9. The van der Waals surface area contributed by atoms with Crippen LogP contribution in [0.3, 0.4) is 0 Å². The molecule has 0 aromatic carbocycles. The second-order valence-electron chi connectivity index (χ2n) is 6.95. The molecule has 0 saturated carbocycles. The van der Waals surface area contributed by atoms with E-state index in [-0.39, 0.29) is 11.5 Å². The van der Waals surface area contributed by atoms with E-state index in [4.69, 9.17) is 4.74 Å². The Kier molecular flexibility index (Phi) is 4.23. The molecule has 0 aliphatic heterocycles. The van der Waals surface area contributed by atoms with Crippen LogP contribution in [-0.2, 0) is 6.54 Å². The van der Waals surface area contributed by atoms with E-state index in [1.165, 1.54) is 0 Å². The third-order valence-electron chi connectivity index (χ3n) is 3.47.